The van der Waals surface area contributed by atoms with Crippen LogP contribution in [0, 0.1) is 17.0 Å². The predicted octanol–water partition coefficient (Wildman–Crippen LogP) is 3.98. The Morgan fingerprint density at radius 1 is 1.09 bits per heavy atom. The standard InChI is InChI=1S/C13H9Cl2NO5S/c1-8-6-9(16(17)18)2-5-13(8)22(19,20)21-10-3-4-11(14)12(15)7-10/h2-7H,1H3. The van der Waals surface area contributed by atoms with Gasteiger partial charge < -0.3 is 4.18 Å². The van der Waals surface area contributed by atoms with E-state index in [1.54, 1.807) is 0 Å². The predicted molar refractivity (Wildman–Crippen MR) is 82.1 cm³/mol. The molecule has 0 aromatic heterocycles. The van der Waals surface area contributed by atoms with Crippen molar-refractivity contribution >= 4 is 39.0 Å². The average Bonchev–Trinajstić information content (AvgIpc) is 2.42. The SMILES string of the molecule is Cc1cc([N+](=O)[O-])ccc1S(=O)(=O)Oc1ccc(Cl)c(Cl)c1. The number of aryl methyl sites for hydroxylation is 1. The molecule has 0 spiro atoms. The zero-order valence-corrected chi connectivity index (χ0v) is 13.4. The van der Waals surface area contributed by atoms with Gasteiger partial charge in [-0.25, -0.2) is 0 Å². The molecule has 0 aliphatic heterocycles. The molecule has 0 atom stereocenters. The van der Waals surface area contributed by atoms with E-state index < -0.39 is 15.0 Å². The molecule has 2 aromatic rings. The molecule has 0 N–H and O–H groups in total. The summed E-state index contributed by atoms with van der Waals surface area (Å²) in [7, 11) is -4.14. The minimum absolute atomic E-state index is 0.00727. The molecule has 6 nitrogen and oxygen atoms in total. The van der Waals surface area contributed by atoms with Gasteiger partial charge in [0.15, 0.2) is 0 Å². The molecular weight excluding hydrogens is 353 g/mol. The molecule has 0 radical (unpaired) electrons. The summed E-state index contributed by atoms with van der Waals surface area (Å²) in [6.07, 6.45) is 0. The Kier molecular flexibility index (Phi) is 4.60. The summed E-state index contributed by atoms with van der Waals surface area (Å²) in [6, 6.07) is 7.40. The van der Waals surface area contributed by atoms with E-state index in [-0.39, 0.29) is 31.9 Å². The van der Waals surface area contributed by atoms with Gasteiger partial charge in [0.1, 0.15) is 10.6 Å². The van der Waals surface area contributed by atoms with E-state index in [2.05, 4.69) is 0 Å². The Bertz CT molecular complexity index is 852. The van der Waals surface area contributed by atoms with Crippen molar-refractivity contribution in [3.63, 3.8) is 0 Å². The molecule has 0 aliphatic carbocycles. The van der Waals surface area contributed by atoms with Gasteiger partial charge in [-0.15, -0.1) is 0 Å². The lowest BCUT2D eigenvalue weighted by Crippen LogP contribution is -2.11. The minimum atomic E-state index is -4.14. The van der Waals surface area contributed by atoms with Crippen LogP contribution in [-0.4, -0.2) is 13.3 Å². The van der Waals surface area contributed by atoms with Crippen LogP contribution in [0.15, 0.2) is 41.3 Å². The van der Waals surface area contributed by atoms with Crippen molar-refractivity contribution in [2.45, 2.75) is 11.8 Å². The molecule has 0 unspecified atom stereocenters. The Balaban J connectivity index is 2.38. The van der Waals surface area contributed by atoms with Gasteiger partial charge in [0.2, 0.25) is 0 Å². The van der Waals surface area contributed by atoms with Crippen LogP contribution in [0.1, 0.15) is 5.56 Å². The lowest BCUT2D eigenvalue weighted by atomic mass is 10.2. The maximum Gasteiger partial charge on any atom is 0.339 e. The van der Waals surface area contributed by atoms with Gasteiger partial charge in [0.25, 0.3) is 5.69 Å². The normalized spacial score (nSPS) is 11.2. The molecule has 2 aromatic carbocycles. The quantitative estimate of drug-likeness (QED) is 0.467. The van der Waals surface area contributed by atoms with Gasteiger partial charge in [-0.1, -0.05) is 23.2 Å². The number of halogens is 2. The van der Waals surface area contributed by atoms with Gasteiger partial charge in [-0.3, -0.25) is 10.1 Å². The minimum Gasteiger partial charge on any atom is -0.379 e. The van der Waals surface area contributed by atoms with Gasteiger partial charge in [-0.05, 0) is 30.7 Å². The molecule has 0 fully saturated rings. The zero-order valence-electron chi connectivity index (χ0n) is 11.1. The number of rotatable bonds is 4. The first-order valence-corrected chi connectivity index (χ1v) is 8.02. The van der Waals surface area contributed by atoms with Crippen molar-refractivity contribution in [3.8, 4) is 5.75 Å². The number of hydrogen-bond acceptors (Lipinski definition) is 5. The summed E-state index contributed by atoms with van der Waals surface area (Å²) in [5.41, 5.74) is 0.000229. The highest BCUT2D eigenvalue weighted by atomic mass is 35.5. The van der Waals surface area contributed by atoms with Gasteiger partial charge >= 0.3 is 10.1 Å². The third kappa shape index (κ3) is 3.49. The Morgan fingerprint density at radius 3 is 2.32 bits per heavy atom. The van der Waals surface area contributed by atoms with Gasteiger partial charge in [0, 0.05) is 18.2 Å². The van der Waals surface area contributed by atoms with Crippen LogP contribution in [0.3, 0.4) is 0 Å². The third-order valence-electron chi connectivity index (χ3n) is 2.74. The van der Waals surface area contributed by atoms with Crippen LogP contribution < -0.4 is 4.18 Å². The van der Waals surface area contributed by atoms with E-state index in [1.165, 1.54) is 25.1 Å². The van der Waals surface area contributed by atoms with Crippen LogP contribution >= 0.6 is 23.2 Å². The molecule has 116 valence electrons. The van der Waals surface area contributed by atoms with Crippen molar-refractivity contribution in [2.75, 3.05) is 0 Å². The Labute approximate surface area is 136 Å². The first-order chi connectivity index (χ1) is 10.2. The Morgan fingerprint density at radius 2 is 1.77 bits per heavy atom. The second kappa shape index (κ2) is 6.12. The van der Waals surface area contributed by atoms with Crippen LogP contribution in [0.25, 0.3) is 0 Å². The maximum atomic E-state index is 12.2. The molecule has 0 saturated heterocycles. The highest BCUT2D eigenvalue weighted by molar-refractivity contribution is 7.87. The topological polar surface area (TPSA) is 86.5 Å². The van der Waals surface area contributed by atoms with Crippen molar-refractivity contribution < 1.29 is 17.5 Å². The highest BCUT2D eigenvalue weighted by Crippen LogP contribution is 2.29. The van der Waals surface area contributed by atoms with E-state index in [1.807, 2.05) is 0 Å². The largest absolute Gasteiger partial charge is 0.379 e. The number of benzene rings is 2. The molecule has 2 rings (SSSR count). The fourth-order valence-corrected chi connectivity index (χ4v) is 3.15. The van der Waals surface area contributed by atoms with E-state index >= 15 is 0 Å². The summed E-state index contributed by atoms with van der Waals surface area (Å²) >= 11 is 11.5. The van der Waals surface area contributed by atoms with Crippen LogP contribution in [0.2, 0.25) is 10.0 Å². The van der Waals surface area contributed by atoms with Crippen molar-refractivity contribution in [1.82, 2.24) is 0 Å². The van der Waals surface area contributed by atoms with Crippen LogP contribution in [-0.2, 0) is 10.1 Å². The van der Waals surface area contributed by atoms with Gasteiger partial charge in [-0.2, -0.15) is 8.42 Å². The summed E-state index contributed by atoms with van der Waals surface area (Å²) in [4.78, 5) is 9.90. The van der Waals surface area contributed by atoms with Crippen molar-refractivity contribution in [1.29, 1.82) is 0 Å². The Hall–Kier alpha value is -1.83. The molecule has 22 heavy (non-hydrogen) atoms. The monoisotopic (exact) mass is 361 g/mol. The first kappa shape index (κ1) is 16.5. The fraction of sp³-hybridized carbons (Fsp3) is 0.0769. The number of non-ortho nitro benzene ring substituents is 1. The first-order valence-electron chi connectivity index (χ1n) is 5.85. The van der Waals surface area contributed by atoms with Gasteiger partial charge in [0.05, 0.1) is 15.0 Å². The van der Waals surface area contributed by atoms with E-state index in [4.69, 9.17) is 27.4 Å². The third-order valence-corrected chi connectivity index (χ3v) is 4.88. The number of nitro benzene ring substituents is 1. The lowest BCUT2D eigenvalue weighted by Gasteiger charge is -2.09. The van der Waals surface area contributed by atoms with E-state index in [0.29, 0.717) is 0 Å². The summed E-state index contributed by atoms with van der Waals surface area (Å²) in [5, 5.41) is 11.1. The zero-order chi connectivity index (χ0) is 16.5. The fourth-order valence-electron chi connectivity index (χ4n) is 1.73. The molecule has 0 saturated carbocycles. The highest BCUT2D eigenvalue weighted by Gasteiger charge is 2.21. The molecule has 0 bridgehead atoms. The molecule has 9 heteroatoms. The van der Waals surface area contributed by atoms with Crippen molar-refractivity contribution in [2.24, 2.45) is 0 Å². The van der Waals surface area contributed by atoms with E-state index in [9.17, 15) is 18.5 Å². The number of hydrogen-bond donors (Lipinski definition) is 0. The molecule has 0 aliphatic rings. The van der Waals surface area contributed by atoms with Crippen LogP contribution in [0.4, 0.5) is 5.69 Å². The maximum absolute atomic E-state index is 12.2. The second-order valence-corrected chi connectivity index (χ2v) is 6.65. The molecule has 0 heterocycles. The average molecular weight is 362 g/mol. The lowest BCUT2D eigenvalue weighted by molar-refractivity contribution is -0.385. The summed E-state index contributed by atoms with van der Waals surface area (Å²) < 4.78 is 29.4. The smallest absolute Gasteiger partial charge is 0.339 e. The van der Waals surface area contributed by atoms with E-state index in [0.717, 1.165) is 18.2 Å². The summed E-state index contributed by atoms with van der Waals surface area (Å²) in [5.74, 6) is -0.00727. The second-order valence-electron chi connectivity index (χ2n) is 4.32. The summed E-state index contributed by atoms with van der Waals surface area (Å²) in [6.45, 7) is 1.44. The number of nitro groups is 1. The van der Waals surface area contributed by atoms with Crippen LogP contribution in [0.5, 0.6) is 5.75 Å². The van der Waals surface area contributed by atoms with Crippen molar-refractivity contribution in [3.05, 3.63) is 62.1 Å². The number of nitrogens with zero attached hydrogens (tertiary/aromatic N) is 1. The molecule has 0 amide bonds. The molecular formula is C13H9Cl2NO5S.